The number of aliphatic hydroxyl groups excluding tert-OH is 3. The number of fused-ring (bicyclic) bond motifs is 5. The average molecular weight is 695 g/mol. The molecule has 47 heavy (non-hydrogen) atoms. The van der Waals surface area contributed by atoms with Gasteiger partial charge in [-0.05, 0) is 97.7 Å². The SMILES string of the molecule is CC(C)C[C@@H]1O[C@H]1[C@@H](C)[C@H]1CC[C@H]2[C@@H]3C[C@H](OS(=O)(=O)O)[C@H]4C[C@@H](O[C@@H]5O[C@H](C(=O)[O-])[C@@H](O)[C@H](O)[C@H]5O)CC[C@]4(C)C3=CC[C@]12C.[Na+]. The maximum absolute atomic E-state index is 12.2. The largest absolute Gasteiger partial charge is 1.00 e. The Kier molecular flexibility index (Phi) is 11.1. The second kappa shape index (κ2) is 13.8. The van der Waals surface area contributed by atoms with E-state index in [0.29, 0.717) is 55.5 Å². The standard InChI is InChI=1S/C33H52O12S.Na/c1-15(2)12-24-28(43-24)16(3)19-6-7-20-18-14-23(45-46(39,40)41)22-13-17(8-10-33(22,5)21(18)9-11-32(19,20)4)42-31-27(36)25(34)26(35)29(44-31)30(37)38;/h9,15-20,22-29,31,34-36H,6-8,10-14H2,1-5H3,(H,37,38)(H,39,40,41);/q;+1/p-1/t16-,17-,18-,19+,20-,22+,23-,24-,25-,26-,27+,28-,29-,31+,32+,33+;/m0./s1. The van der Waals surface area contributed by atoms with E-state index in [1.807, 2.05) is 0 Å². The van der Waals surface area contributed by atoms with Gasteiger partial charge < -0.3 is 39.4 Å². The van der Waals surface area contributed by atoms with Crippen LogP contribution >= 0.6 is 0 Å². The van der Waals surface area contributed by atoms with Crippen LogP contribution in [-0.2, 0) is 33.6 Å². The number of hydrogen-bond donors (Lipinski definition) is 4. The molecule has 6 rings (SSSR count). The number of carboxylic acids is 1. The number of carbonyl (C=O) groups excluding carboxylic acids is 1. The van der Waals surface area contributed by atoms with Crippen LogP contribution in [0.1, 0.15) is 86.0 Å². The number of hydrogen-bond acceptors (Lipinski definition) is 11. The van der Waals surface area contributed by atoms with Crippen molar-refractivity contribution in [2.45, 2.75) is 141 Å². The van der Waals surface area contributed by atoms with Gasteiger partial charge in [-0.1, -0.05) is 46.3 Å². The molecule has 0 amide bonds. The second-order valence-corrected chi connectivity index (χ2v) is 17.0. The minimum atomic E-state index is -4.78. The Bertz CT molecular complexity index is 1310. The van der Waals surface area contributed by atoms with Crippen molar-refractivity contribution in [3.8, 4) is 0 Å². The molecule has 6 aliphatic rings. The van der Waals surface area contributed by atoms with E-state index in [1.54, 1.807) is 0 Å². The summed E-state index contributed by atoms with van der Waals surface area (Å²) in [5.41, 5.74) is 0.899. The Hall–Kier alpha value is -0.160. The Morgan fingerprint density at radius 3 is 2.38 bits per heavy atom. The van der Waals surface area contributed by atoms with Crippen molar-refractivity contribution in [1.82, 2.24) is 0 Å². The van der Waals surface area contributed by atoms with E-state index >= 15 is 0 Å². The van der Waals surface area contributed by atoms with E-state index in [4.69, 9.17) is 18.4 Å². The van der Waals surface area contributed by atoms with Crippen LogP contribution in [0.4, 0.5) is 0 Å². The fourth-order valence-corrected chi connectivity index (χ4v) is 11.2. The normalized spacial score (nSPS) is 48.4. The Balaban J connectivity index is 0.00000433. The monoisotopic (exact) mass is 694 g/mol. The van der Waals surface area contributed by atoms with Crippen LogP contribution in [0, 0.1) is 46.3 Å². The Morgan fingerprint density at radius 1 is 1.04 bits per heavy atom. The number of aliphatic carboxylic acids is 1. The molecule has 5 fully saturated rings. The fraction of sp³-hybridized carbons (Fsp3) is 0.909. The first-order valence-electron chi connectivity index (χ1n) is 17.0. The van der Waals surface area contributed by atoms with Gasteiger partial charge in [0.2, 0.25) is 0 Å². The van der Waals surface area contributed by atoms with Gasteiger partial charge in [0.15, 0.2) is 6.29 Å². The topological polar surface area (TPSA) is 195 Å². The molecular formula is C33H51NaO12S. The zero-order chi connectivity index (χ0) is 33.5. The van der Waals surface area contributed by atoms with Crippen LogP contribution in [0.3, 0.4) is 0 Å². The number of allylic oxidation sites excluding steroid dienone is 2. The van der Waals surface area contributed by atoms with Gasteiger partial charge in [0.05, 0.1) is 30.4 Å². The molecule has 2 saturated heterocycles. The second-order valence-electron chi connectivity index (χ2n) is 16.0. The van der Waals surface area contributed by atoms with E-state index in [0.717, 1.165) is 25.7 Å². The van der Waals surface area contributed by atoms with Crippen molar-refractivity contribution in [2.24, 2.45) is 46.3 Å². The number of rotatable bonds is 9. The van der Waals surface area contributed by atoms with Crippen molar-refractivity contribution < 1.29 is 86.1 Å². The van der Waals surface area contributed by atoms with Crippen LogP contribution in [-0.4, -0.2) is 89.4 Å². The van der Waals surface area contributed by atoms with E-state index < -0.39 is 64.7 Å². The first-order chi connectivity index (χ1) is 21.4. The van der Waals surface area contributed by atoms with Crippen molar-refractivity contribution in [2.75, 3.05) is 0 Å². The third kappa shape index (κ3) is 7.04. The summed E-state index contributed by atoms with van der Waals surface area (Å²) >= 11 is 0. The maximum atomic E-state index is 12.2. The molecular weight excluding hydrogens is 643 g/mol. The zero-order valence-electron chi connectivity index (χ0n) is 28.4. The molecule has 262 valence electrons. The molecule has 0 unspecified atom stereocenters. The third-order valence-electron chi connectivity index (χ3n) is 12.9. The van der Waals surface area contributed by atoms with E-state index in [2.05, 4.69) is 40.7 Å². The number of ether oxygens (including phenoxy) is 3. The predicted octanol–water partition coefficient (Wildman–Crippen LogP) is -1.24. The molecule has 0 radical (unpaired) electrons. The summed E-state index contributed by atoms with van der Waals surface area (Å²) in [5.74, 6) is -0.202. The number of carboxylic acid groups (broad SMARTS) is 1. The molecule has 2 aliphatic heterocycles. The molecule has 0 spiro atoms. The summed E-state index contributed by atoms with van der Waals surface area (Å²) in [6, 6.07) is 0. The summed E-state index contributed by atoms with van der Waals surface area (Å²) in [6.07, 6.45) is -1.36. The Morgan fingerprint density at radius 2 is 1.74 bits per heavy atom. The summed E-state index contributed by atoms with van der Waals surface area (Å²) in [5, 5.41) is 42.3. The van der Waals surface area contributed by atoms with Gasteiger partial charge in [-0.25, -0.2) is 4.18 Å². The predicted molar refractivity (Wildman–Crippen MR) is 161 cm³/mol. The van der Waals surface area contributed by atoms with Crippen LogP contribution in [0.5, 0.6) is 0 Å². The van der Waals surface area contributed by atoms with Gasteiger partial charge in [-0.15, -0.1) is 0 Å². The van der Waals surface area contributed by atoms with Gasteiger partial charge in [0.1, 0.15) is 24.4 Å². The van der Waals surface area contributed by atoms with E-state index in [9.17, 15) is 38.2 Å². The Labute approximate surface area is 300 Å². The maximum Gasteiger partial charge on any atom is 1.00 e. The van der Waals surface area contributed by atoms with Crippen molar-refractivity contribution in [3.63, 3.8) is 0 Å². The minimum Gasteiger partial charge on any atom is -0.547 e. The van der Waals surface area contributed by atoms with Crippen molar-refractivity contribution >= 4 is 16.4 Å². The van der Waals surface area contributed by atoms with Crippen LogP contribution in [0.15, 0.2) is 11.6 Å². The van der Waals surface area contributed by atoms with Crippen LogP contribution in [0.2, 0.25) is 0 Å². The minimum absolute atomic E-state index is 0. The fourth-order valence-electron chi connectivity index (χ4n) is 10.6. The summed E-state index contributed by atoms with van der Waals surface area (Å²) in [4.78, 5) is 11.5. The van der Waals surface area contributed by atoms with Crippen LogP contribution in [0.25, 0.3) is 0 Å². The molecule has 0 aromatic heterocycles. The van der Waals surface area contributed by atoms with Gasteiger partial charge >= 0.3 is 40.0 Å². The molecule has 3 saturated carbocycles. The quantitative estimate of drug-likeness (QED) is 0.0739. The first kappa shape index (κ1) is 38.1. The molecule has 4 N–H and O–H groups in total. The van der Waals surface area contributed by atoms with E-state index in [-0.39, 0.29) is 52.9 Å². The molecule has 12 nitrogen and oxygen atoms in total. The molecule has 14 heteroatoms. The third-order valence-corrected chi connectivity index (χ3v) is 13.4. The zero-order valence-corrected chi connectivity index (χ0v) is 31.2. The number of aliphatic hydroxyl groups is 3. The summed E-state index contributed by atoms with van der Waals surface area (Å²) in [6.45, 7) is 11.3. The molecule has 4 aliphatic carbocycles. The van der Waals surface area contributed by atoms with Crippen LogP contribution < -0.4 is 34.7 Å². The van der Waals surface area contributed by atoms with Gasteiger partial charge in [-0.3, -0.25) is 4.55 Å². The number of carbonyl (C=O) groups is 1. The average Bonchev–Trinajstić information content (AvgIpc) is 3.62. The smallest absolute Gasteiger partial charge is 0.547 e. The number of epoxide rings is 1. The molecule has 16 atom stereocenters. The molecule has 0 aromatic rings. The molecule has 2 heterocycles. The molecule has 0 aromatic carbocycles. The van der Waals surface area contributed by atoms with Gasteiger partial charge in [0, 0.05) is 0 Å². The molecule has 0 bridgehead atoms. The van der Waals surface area contributed by atoms with Crippen molar-refractivity contribution in [1.29, 1.82) is 0 Å². The van der Waals surface area contributed by atoms with Gasteiger partial charge in [0.25, 0.3) is 0 Å². The van der Waals surface area contributed by atoms with E-state index in [1.165, 1.54) is 5.57 Å². The first-order valence-corrected chi connectivity index (χ1v) is 18.4. The summed E-state index contributed by atoms with van der Waals surface area (Å²) < 4.78 is 57.1. The van der Waals surface area contributed by atoms with Crippen molar-refractivity contribution in [3.05, 3.63) is 11.6 Å². The van der Waals surface area contributed by atoms with Gasteiger partial charge in [-0.2, -0.15) is 8.42 Å². The summed E-state index contributed by atoms with van der Waals surface area (Å²) in [7, 11) is -4.78.